The van der Waals surface area contributed by atoms with Crippen molar-refractivity contribution in [3.63, 3.8) is 0 Å². The zero-order valence-electron chi connectivity index (χ0n) is 7.08. The van der Waals surface area contributed by atoms with E-state index in [0.717, 1.165) is 5.57 Å². The summed E-state index contributed by atoms with van der Waals surface area (Å²) in [6.45, 7) is 7.90. The standard InChI is InChI=1S/C8H14/c1-5-6-8(4)7(2)3/h5-6H,1-4H3/i6T. The second-order valence-corrected chi connectivity index (χ2v) is 2.06. The van der Waals surface area contributed by atoms with Gasteiger partial charge in [0.1, 0.15) is 0 Å². The van der Waals surface area contributed by atoms with Gasteiger partial charge < -0.3 is 0 Å². The first-order chi connectivity index (χ1) is 4.09. The lowest BCUT2D eigenvalue weighted by molar-refractivity contribution is 1.29. The molecule has 0 fully saturated rings. The molecule has 0 aromatic rings. The van der Waals surface area contributed by atoms with Crippen LogP contribution in [0.15, 0.2) is 23.3 Å². The van der Waals surface area contributed by atoms with E-state index in [0.29, 0.717) is 6.05 Å². The normalized spacial score (nSPS) is 13.0. The van der Waals surface area contributed by atoms with Crippen molar-refractivity contribution in [1.82, 2.24) is 0 Å². The summed E-state index contributed by atoms with van der Waals surface area (Å²) in [7, 11) is 0. The van der Waals surface area contributed by atoms with Crippen molar-refractivity contribution >= 4 is 0 Å². The Labute approximate surface area is 53.3 Å². The molecule has 0 heteroatoms. The number of rotatable bonds is 1. The largest absolute Gasteiger partial charge is 0.0874 e. The van der Waals surface area contributed by atoms with Gasteiger partial charge in [-0.3, -0.25) is 0 Å². The highest BCUT2D eigenvalue weighted by Gasteiger charge is 1.80. The Morgan fingerprint density at radius 2 is 1.88 bits per heavy atom. The van der Waals surface area contributed by atoms with Gasteiger partial charge in [-0.1, -0.05) is 23.3 Å². The van der Waals surface area contributed by atoms with Crippen LogP contribution in [0.4, 0.5) is 0 Å². The Balaban J connectivity index is 4.40. The fourth-order valence-electron chi connectivity index (χ4n) is 0.361. The van der Waals surface area contributed by atoms with E-state index in [9.17, 15) is 0 Å². The topological polar surface area (TPSA) is 0 Å². The summed E-state index contributed by atoms with van der Waals surface area (Å²) in [5.74, 6) is 0. The highest BCUT2D eigenvalue weighted by atomic mass is 13.9. The van der Waals surface area contributed by atoms with Gasteiger partial charge in [0.15, 0.2) is 0 Å². The molecule has 0 amide bonds. The molecule has 0 N–H and O–H groups in total. The van der Waals surface area contributed by atoms with Gasteiger partial charge in [0.2, 0.25) is 0 Å². The maximum Gasteiger partial charge on any atom is 0.0622 e. The van der Waals surface area contributed by atoms with Crippen LogP contribution in [0.2, 0.25) is 0 Å². The van der Waals surface area contributed by atoms with Crippen molar-refractivity contribution in [3.8, 4) is 0 Å². The molecule has 0 nitrogen and oxygen atoms in total. The van der Waals surface area contributed by atoms with Crippen molar-refractivity contribution in [2.45, 2.75) is 27.7 Å². The second-order valence-electron chi connectivity index (χ2n) is 2.06. The molecule has 0 aromatic heterocycles. The predicted molar refractivity (Wildman–Crippen MR) is 38.9 cm³/mol. The molecule has 8 heavy (non-hydrogen) atoms. The van der Waals surface area contributed by atoms with Gasteiger partial charge in [-0.2, -0.15) is 0 Å². The fourth-order valence-corrected chi connectivity index (χ4v) is 0.361. The lowest BCUT2D eigenvalue weighted by atomic mass is 10.2. The van der Waals surface area contributed by atoms with Gasteiger partial charge in [0, 0.05) is 0 Å². The zero-order chi connectivity index (χ0) is 7.44. The lowest BCUT2D eigenvalue weighted by Gasteiger charge is -1.91. The molecule has 0 saturated heterocycles. The monoisotopic (exact) mass is 112 g/mol. The van der Waals surface area contributed by atoms with Crippen LogP contribution >= 0.6 is 0 Å². The molecular formula is C8H14. The van der Waals surface area contributed by atoms with Gasteiger partial charge in [-0.15, -0.1) is 0 Å². The summed E-state index contributed by atoms with van der Waals surface area (Å²) in [4.78, 5) is 0. The number of hydrogen-bond donors (Lipinski definition) is 0. The molecule has 0 aromatic carbocycles. The van der Waals surface area contributed by atoms with E-state index in [2.05, 4.69) is 0 Å². The minimum absolute atomic E-state index is 0.634. The van der Waals surface area contributed by atoms with Crippen molar-refractivity contribution in [2.75, 3.05) is 0 Å². The maximum absolute atomic E-state index is 7.36. The minimum Gasteiger partial charge on any atom is -0.0874 e. The van der Waals surface area contributed by atoms with Crippen LogP contribution in [0.3, 0.4) is 0 Å². The molecule has 0 aliphatic rings. The summed E-state index contributed by atoms with van der Waals surface area (Å²) in [6, 6.07) is 0.634. The Bertz CT molecular complexity index is 148. The van der Waals surface area contributed by atoms with Crippen LogP contribution in [-0.4, -0.2) is 0 Å². The SMILES string of the molecule is [3H]C(=CC)C(C)=C(C)C. The third-order valence-electron chi connectivity index (χ3n) is 1.11. The fraction of sp³-hybridized carbons (Fsp3) is 0.500. The molecule has 0 aliphatic heterocycles. The van der Waals surface area contributed by atoms with Gasteiger partial charge in [-0.25, -0.2) is 0 Å². The molecule has 0 bridgehead atoms. The number of hydrogen-bond acceptors (Lipinski definition) is 0. The molecule has 0 rings (SSSR count). The Kier molecular flexibility index (Phi) is 2.44. The van der Waals surface area contributed by atoms with Gasteiger partial charge in [-0.05, 0) is 27.7 Å². The third-order valence-corrected chi connectivity index (χ3v) is 1.11. The Morgan fingerprint density at radius 1 is 1.38 bits per heavy atom. The highest BCUT2D eigenvalue weighted by Crippen LogP contribution is 2.01. The van der Waals surface area contributed by atoms with Crippen molar-refractivity contribution in [1.29, 1.82) is 0 Å². The maximum atomic E-state index is 7.36. The second kappa shape index (κ2) is 3.48. The van der Waals surface area contributed by atoms with Crippen LogP contribution in [0.5, 0.6) is 0 Å². The van der Waals surface area contributed by atoms with E-state index >= 15 is 0 Å². The van der Waals surface area contributed by atoms with Gasteiger partial charge in [0.05, 0.1) is 1.37 Å². The van der Waals surface area contributed by atoms with E-state index in [1.807, 2.05) is 33.8 Å². The van der Waals surface area contributed by atoms with E-state index in [1.54, 1.807) is 0 Å². The van der Waals surface area contributed by atoms with E-state index in [1.165, 1.54) is 5.57 Å². The van der Waals surface area contributed by atoms with E-state index < -0.39 is 0 Å². The first-order valence-corrected chi connectivity index (χ1v) is 2.87. The minimum atomic E-state index is 0.634. The van der Waals surface area contributed by atoms with Gasteiger partial charge in [0.25, 0.3) is 0 Å². The number of allylic oxidation sites excluding steroid dienone is 4. The molecule has 0 saturated carbocycles. The molecule has 0 unspecified atom stereocenters. The Morgan fingerprint density at radius 3 is 2.00 bits per heavy atom. The smallest absolute Gasteiger partial charge is 0.0622 e. The van der Waals surface area contributed by atoms with E-state index in [-0.39, 0.29) is 0 Å². The summed E-state index contributed by atoms with van der Waals surface area (Å²) in [5.41, 5.74) is 2.30. The first-order valence-electron chi connectivity index (χ1n) is 3.37. The molecule has 0 radical (unpaired) electrons. The van der Waals surface area contributed by atoms with Crippen LogP contribution in [0.25, 0.3) is 0 Å². The zero-order valence-corrected chi connectivity index (χ0v) is 6.08. The molecule has 46 valence electrons. The van der Waals surface area contributed by atoms with Crippen LogP contribution in [0, 0.1) is 0 Å². The highest BCUT2D eigenvalue weighted by molar-refractivity contribution is 5.19. The average Bonchev–Trinajstić information content (AvgIpc) is 1.84. The first kappa shape index (κ1) is 5.61. The van der Waals surface area contributed by atoms with E-state index in [4.69, 9.17) is 1.37 Å². The summed E-state index contributed by atoms with van der Waals surface area (Å²) < 4.78 is 7.36. The quantitative estimate of drug-likeness (QED) is 0.457. The van der Waals surface area contributed by atoms with Crippen LogP contribution in [-0.2, 0) is 0 Å². The van der Waals surface area contributed by atoms with Crippen molar-refractivity contribution < 1.29 is 1.37 Å². The average molecular weight is 112 g/mol. The van der Waals surface area contributed by atoms with Crippen LogP contribution < -0.4 is 0 Å². The molecule has 0 aliphatic carbocycles. The third kappa shape index (κ3) is 2.62. The molecule has 0 atom stereocenters. The van der Waals surface area contributed by atoms with Crippen LogP contribution in [0.1, 0.15) is 29.1 Å². The summed E-state index contributed by atoms with van der Waals surface area (Å²) in [5, 5.41) is 0. The lowest BCUT2D eigenvalue weighted by Crippen LogP contribution is -1.70. The van der Waals surface area contributed by atoms with Gasteiger partial charge >= 0.3 is 0 Å². The molecule has 0 heterocycles. The van der Waals surface area contributed by atoms with Crippen molar-refractivity contribution in [3.05, 3.63) is 23.3 Å². The molecular weight excluding hydrogens is 96.1 g/mol. The summed E-state index contributed by atoms with van der Waals surface area (Å²) in [6.07, 6.45) is 1.81. The Hall–Kier alpha value is -0.520. The van der Waals surface area contributed by atoms with Crippen molar-refractivity contribution in [2.24, 2.45) is 0 Å². The molecule has 0 spiro atoms. The predicted octanol–water partition coefficient (Wildman–Crippen LogP) is 2.92. The summed E-state index contributed by atoms with van der Waals surface area (Å²) >= 11 is 0.